The third kappa shape index (κ3) is 5.97. The molecule has 0 aliphatic heterocycles. The van der Waals surface area contributed by atoms with Crippen LogP contribution in [0.2, 0.25) is 0 Å². The van der Waals surface area contributed by atoms with Crippen LogP contribution in [0, 0.1) is 0 Å². The third-order valence-electron chi connectivity index (χ3n) is 5.30. The minimum absolute atomic E-state index is 0.160. The summed E-state index contributed by atoms with van der Waals surface area (Å²) in [6.07, 6.45) is 5.33. The van der Waals surface area contributed by atoms with Gasteiger partial charge in [-0.25, -0.2) is 0 Å². The highest BCUT2D eigenvalue weighted by Crippen LogP contribution is 2.19. The summed E-state index contributed by atoms with van der Waals surface area (Å²) in [5, 5.41) is 0. The first-order valence-electron chi connectivity index (χ1n) is 11.0. The Hall–Kier alpha value is -3.60. The van der Waals surface area contributed by atoms with Crippen LogP contribution in [0.5, 0.6) is 0 Å². The van der Waals surface area contributed by atoms with Crippen molar-refractivity contribution < 1.29 is 4.79 Å². The van der Waals surface area contributed by atoms with Gasteiger partial charge in [0.2, 0.25) is 0 Å². The first kappa shape index (κ1) is 23.1. The van der Waals surface area contributed by atoms with Gasteiger partial charge in [-0.15, -0.1) is 0 Å². The average Bonchev–Trinajstić information content (AvgIpc) is 2.81. The predicted molar refractivity (Wildman–Crippen MR) is 132 cm³/mol. The molecular weight excluding hydrogens is 398 g/mol. The van der Waals surface area contributed by atoms with Crippen molar-refractivity contribution in [3.8, 4) is 0 Å². The van der Waals surface area contributed by atoms with Gasteiger partial charge in [0.15, 0.2) is 0 Å². The SMILES string of the molecule is CCCCN(Cc1ccccc1)C(=O)/C(=C\c1ccc(N(C)C)cc1)n1ccccc1=O. The fourth-order valence-corrected chi connectivity index (χ4v) is 3.45. The third-order valence-corrected chi connectivity index (χ3v) is 5.30. The van der Waals surface area contributed by atoms with Crippen LogP contribution in [0.15, 0.2) is 83.8 Å². The van der Waals surface area contributed by atoms with Crippen molar-refractivity contribution in [3.05, 3.63) is 100 Å². The molecule has 0 fully saturated rings. The van der Waals surface area contributed by atoms with Crippen LogP contribution in [-0.4, -0.2) is 36.0 Å². The molecule has 0 bridgehead atoms. The van der Waals surface area contributed by atoms with E-state index in [0.29, 0.717) is 18.8 Å². The Kier molecular flexibility index (Phi) is 8.03. The second-order valence-corrected chi connectivity index (χ2v) is 7.99. The van der Waals surface area contributed by atoms with E-state index in [2.05, 4.69) is 6.92 Å². The number of carbonyl (C=O) groups excluding carboxylic acids is 1. The fraction of sp³-hybridized carbons (Fsp3) is 0.259. The summed E-state index contributed by atoms with van der Waals surface area (Å²) in [5.74, 6) is -0.160. The van der Waals surface area contributed by atoms with Crippen LogP contribution in [-0.2, 0) is 11.3 Å². The second kappa shape index (κ2) is 11.1. The molecule has 0 aliphatic rings. The molecule has 1 heterocycles. The quantitative estimate of drug-likeness (QED) is 0.462. The Bertz CT molecular complexity index is 1100. The molecule has 32 heavy (non-hydrogen) atoms. The summed E-state index contributed by atoms with van der Waals surface area (Å²) in [7, 11) is 3.97. The van der Waals surface area contributed by atoms with Crippen LogP contribution in [0.3, 0.4) is 0 Å². The number of benzene rings is 2. The highest BCUT2D eigenvalue weighted by atomic mass is 16.2. The van der Waals surface area contributed by atoms with Gasteiger partial charge >= 0.3 is 0 Å². The summed E-state index contributed by atoms with van der Waals surface area (Å²) in [6.45, 7) is 3.23. The lowest BCUT2D eigenvalue weighted by atomic mass is 10.1. The molecule has 5 nitrogen and oxygen atoms in total. The molecule has 3 aromatic rings. The zero-order chi connectivity index (χ0) is 22.9. The molecule has 0 aliphatic carbocycles. The van der Waals surface area contributed by atoms with Crippen molar-refractivity contribution in [1.82, 2.24) is 9.47 Å². The van der Waals surface area contributed by atoms with E-state index in [-0.39, 0.29) is 11.5 Å². The molecule has 0 atom stereocenters. The van der Waals surface area contributed by atoms with E-state index in [1.807, 2.05) is 78.5 Å². The minimum atomic E-state index is -0.229. The van der Waals surface area contributed by atoms with E-state index < -0.39 is 0 Å². The van der Waals surface area contributed by atoms with Crippen LogP contribution in [0.1, 0.15) is 30.9 Å². The Morgan fingerprint density at radius 2 is 1.62 bits per heavy atom. The molecule has 0 spiro atoms. The summed E-state index contributed by atoms with van der Waals surface area (Å²) in [5.41, 5.74) is 3.12. The van der Waals surface area contributed by atoms with Gasteiger partial charge in [0.05, 0.1) is 0 Å². The van der Waals surface area contributed by atoms with Crippen molar-refractivity contribution in [2.45, 2.75) is 26.3 Å². The Balaban J connectivity index is 2.03. The van der Waals surface area contributed by atoms with Gasteiger partial charge in [-0.2, -0.15) is 0 Å². The van der Waals surface area contributed by atoms with Crippen LogP contribution >= 0.6 is 0 Å². The fourth-order valence-electron chi connectivity index (χ4n) is 3.45. The number of anilines is 1. The van der Waals surface area contributed by atoms with Gasteiger partial charge in [0.1, 0.15) is 5.70 Å². The summed E-state index contributed by atoms with van der Waals surface area (Å²) in [4.78, 5) is 30.3. The van der Waals surface area contributed by atoms with Gasteiger partial charge in [0, 0.05) is 45.1 Å². The molecule has 0 saturated heterocycles. The normalized spacial score (nSPS) is 11.3. The van der Waals surface area contributed by atoms with Crippen molar-refractivity contribution >= 4 is 23.4 Å². The highest BCUT2D eigenvalue weighted by Gasteiger charge is 2.21. The van der Waals surface area contributed by atoms with Gasteiger partial charge in [-0.1, -0.05) is 61.9 Å². The molecule has 2 aromatic carbocycles. The molecule has 0 N–H and O–H groups in total. The standard InChI is InChI=1S/C27H31N3O2/c1-4-5-18-29(21-23-11-7-6-8-12-23)27(32)25(30-19-10-9-13-26(30)31)20-22-14-16-24(17-15-22)28(2)3/h6-17,19-20H,4-5,18,21H2,1-3H3/b25-20+. The van der Waals surface area contributed by atoms with E-state index in [1.54, 1.807) is 24.4 Å². The molecule has 1 amide bonds. The zero-order valence-corrected chi connectivity index (χ0v) is 19.1. The average molecular weight is 430 g/mol. The predicted octanol–water partition coefficient (Wildman–Crippen LogP) is 4.74. The maximum atomic E-state index is 13.8. The number of hydrogen-bond donors (Lipinski definition) is 0. The van der Waals surface area contributed by atoms with Gasteiger partial charge in [0.25, 0.3) is 11.5 Å². The second-order valence-electron chi connectivity index (χ2n) is 7.99. The van der Waals surface area contributed by atoms with E-state index in [0.717, 1.165) is 29.7 Å². The minimum Gasteiger partial charge on any atom is -0.378 e. The van der Waals surface area contributed by atoms with Gasteiger partial charge in [-0.3, -0.25) is 14.2 Å². The Morgan fingerprint density at radius 3 is 2.25 bits per heavy atom. The first-order chi connectivity index (χ1) is 15.5. The lowest BCUT2D eigenvalue weighted by Crippen LogP contribution is -2.35. The number of nitrogens with zero attached hydrogens (tertiary/aromatic N) is 3. The van der Waals surface area contributed by atoms with Crippen molar-refractivity contribution in [1.29, 1.82) is 0 Å². The van der Waals surface area contributed by atoms with Crippen LogP contribution in [0.4, 0.5) is 5.69 Å². The number of amides is 1. The zero-order valence-electron chi connectivity index (χ0n) is 19.1. The number of carbonyl (C=O) groups is 1. The Labute approximate surface area is 190 Å². The smallest absolute Gasteiger partial charge is 0.271 e. The maximum Gasteiger partial charge on any atom is 0.271 e. The number of rotatable bonds is 9. The first-order valence-corrected chi connectivity index (χ1v) is 11.0. The molecule has 166 valence electrons. The number of aromatic nitrogens is 1. The van der Waals surface area contributed by atoms with E-state index in [9.17, 15) is 9.59 Å². The monoisotopic (exact) mass is 429 g/mol. The molecule has 0 unspecified atom stereocenters. The van der Waals surface area contributed by atoms with E-state index >= 15 is 0 Å². The molecular formula is C27H31N3O2. The molecule has 3 rings (SSSR count). The summed E-state index contributed by atoms with van der Waals surface area (Å²) >= 11 is 0. The number of unbranched alkanes of at least 4 members (excludes halogenated alkanes) is 1. The molecule has 0 saturated carbocycles. The van der Waals surface area contributed by atoms with Crippen molar-refractivity contribution in [2.75, 3.05) is 25.5 Å². The van der Waals surface area contributed by atoms with Gasteiger partial charge in [-0.05, 0) is 41.8 Å². The maximum absolute atomic E-state index is 13.8. The highest BCUT2D eigenvalue weighted by molar-refractivity contribution is 6.18. The number of hydrogen-bond acceptors (Lipinski definition) is 3. The van der Waals surface area contributed by atoms with E-state index in [4.69, 9.17) is 0 Å². The summed E-state index contributed by atoms with van der Waals surface area (Å²) in [6, 6.07) is 22.8. The topological polar surface area (TPSA) is 45.6 Å². The molecule has 0 radical (unpaired) electrons. The van der Waals surface area contributed by atoms with Crippen LogP contribution < -0.4 is 10.5 Å². The lowest BCUT2D eigenvalue weighted by molar-refractivity contribution is -0.126. The number of pyridine rings is 1. The Morgan fingerprint density at radius 1 is 0.938 bits per heavy atom. The van der Waals surface area contributed by atoms with Gasteiger partial charge < -0.3 is 9.80 Å². The largest absolute Gasteiger partial charge is 0.378 e. The molecule has 1 aromatic heterocycles. The van der Waals surface area contributed by atoms with E-state index in [1.165, 1.54) is 10.6 Å². The lowest BCUT2D eigenvalue weighted by Gasteiger charge is -2.25. The molecule has 5 heteroatoms. The van der Waals surface area contributed by atoms with Crippen molar-refractivity contribution in [3.63, 3.8) is 0 Å². The summed E-state index contributed by atoms with van der Waals surface area (Å²) < 4.78 is 1.44. The van der Waals surface area contributed by atoms with Crippen LogP contribution in [0.25, 0.3) is 11.8 Å². The van der Waals surface area contributed by atoms with Crippen molar-refractivity contribution in [2.24, 2.45) is 0 Å².